The SMILES string of the molecule is CC(C)CC1(CC(C)C)OC(=O)[C@H](Cc2ccccc2)O1. The molecular weight excluding hydrogens is 264 g/mol. The highest BCUT2D eigenvalue weighted by Crippen LogP contribution is 2.37. The normalized spacial score (nSPS) is 21.0. The molecule has 1 aliphatic heterocycles. The maximum absolute atomic E-state index is 12.2. The van der Waals surface area contributed by atoms with Gasteiger partial charge in [-0.1, -0.05) is 58.0 Å². The predicted octanol–water partition coefficient (Wildman–Crippen LogP) is 3.96. The number of esters is 1. The molecule has 0 aromatic heterocycles. The highest BCUT2D eigenvalue weighted by Gasteiger charge is 2.48. The molecule has 0 bridgehead atoms. The first-order valence-corrected chi connectivity index (χ1v) is 7.85. The summed E-state index contributed by atoms with van der Waals surface area (Å²) < 4.78 is 11.8. The Morgan fingerprint density at radius 2 is 1.62 bits per heavy atom. The van der Waals surface area contributed by atoms with Gasteiger partial charge in [0.2, 0.25) is 5.79 Å². The molecule has 3 nitrogen and oxygen atoms in total. The zero-order valence-corrected chi connectivity index (χ0v) is 13.5. The molecular formula is C18H26O3. The Kier molecular flexibility index (Phi) is 5.04. The molecule has 21 heavy (non-hydrogen) atoms. The van der Waals surface area contributed by atoms with Gasteiger partial charge >= 0.3 is 5.97 Å². The summed E-state index contributed by atoms with van der Waals surface area (Å²) in [7, 11) is 0. The number of carbonyl (C=O) groups is 1. The third-order valence-corrected chi connectivity index (χ3v) is 3.61. The van der Waals surface area contributed by atoms with E-state index in [1.807, 2.05) is 30.3 Å². The van der Waals surface area contributed by atoms with E-state index in [2.05, 4.69) is 27.7 Å². The van der Waals surface area contributed by atoms with Crippen molar-refractivity contribution in [1.82, 2.24) is 0 Å². The molecule has 1 aromatic rings. The van der Waals surface area contributed by atoms with Crippen LogP contribution in [0.25, 0.3) is 0 Å². The van der Waals surface area contributed by atoms with Gasteiger partial charge in [-0.15, -0.1) is 0 Å². The summed E-state index contributed by atoms with van der Waals surface area (Å²) in [6.07, 6.45) is 1.60. The van der Waals surface area contributed by atoms with Gasteiger partial charge in [-0.05, 0) is 17.4 Å². The minimum Gasteiger partial charge on any atom is -0.431 e. The predicted molar refractivity (Wildman–Crippen MR) is 82.8 cm³/mol. The summed E-state index contributed by atoms with van der Waals surface area (Å²) in [6, 6.07) is 9.96. The van der Waals surface area contributed by atoms with Crippen LogP contribution in [0.5, 0.6) is 0 Å². The Morgan fingerprint density at radius 3 is 2.14 bits per heavy atom. The fourth-order valence-corrected chi connectivity index (χ4v) is 3.04. The number of ether oxygens (including phenoxy) is 2. The van der Waals surface area contributed by atoms with Crippen LogP contribution >= 0.6 is 0 Å². The van der Waals surface area contributed by atoms with Gasteiger partial charge in [0.15, 0.2) is 6.10 Å². The zero-order valence-electron chi connectivity index (χ0n) is 13.5. The zero-order chi connectivity index (χ0) is 15.5. The molecule has 1 aliphatic rings. The van der Waals surface area contributed by atoms with E-state index in [-0.39, 0.29) is 5.97 Å². The number of hydrogen-bond donors (Lipinski definition) is 0. The largest absolute Gasteiger partial charge is 0.431 e. The van der Waals surface area contributed by atoms with Crippen molar-refractivity contribution >= 4 is 5.97 Å². The summed E-state index contributed by atoms with van der Waals surface area (Å²) in [6.45, 7) is 8.52. The van der Waals surface area contributed by atoms with Crippen LogP contribution in [0.3, 0.4) is 0 Å². The average Bonchev–Trinajstić information content (AvgIpc) is 2.64. The van der Waals surface area contributed by atoms with E-state index in [0.717, 1.165) is 18.4 Å². The van der Waals surface area contributed by atoms with Crippen LogP contribution in [0.2, 0.25) is 0 Å². The average molecular weight is 290 g/mol. The monoisotopic (exact) mass is 290 g/mol. The summed E-state index contributed by atoms with van der Waals surface area (Å²) in [5, 5.41) is 0. The van der Waals surface area contributed by atoms with Crippen molar-refractivity contribution in [3.8, 4) is 0 Å². The van der Waals surface area contributed by atoms with Crippen LogP contribution in [0.1, 0.15) is 46.1 Å². The molecule has 1 aromatic carbocycles. The summed E-state index contributed by atoms with van der Waals surface area (Å²) >= 11 is 0. The van der Waals surface area contributed by atoms with Gasteiger partial charge in [0.1, 0.15) is 0 Å². The molecule has 1 heterocycles. The molecule has 0 N–H and O–H groups in total. The van der Waals surface area contributed by atoms with E-state index < -0.39 is 11.9 Å². The van der Waals surface area contributed by atoms with Crippen molar-refractivity contribution in [3.63, 3.8) is 0 Å². The standard InChI is InChI=1S/C18H26O3/c1-13(2)11-18(12-14(3)4)20-16(17(19)21-18)10-15-8-6-5-7-9-15/h5-9,13-14,16H,10-12H2,1-4H3/t16-/m0/s1. The molecule has 1 fully saturated rings. The lowest BCUT2D eigenvalue weighted by Crippen LogP contribution is -2.34. The van der Waals surface area contributed by atoms with Gasteiger partial charge < -0.3 is 9.47 Å². The fraction of sp³-hybridized carbons (Fsp3) is 0.611. The second-order valence-corrected chi connectivity index (χ2v) is 6.82. The van der Waals surface area contributed by atoms with Crippen LogP contribution in [-0.4, -0.2) is 17.9 Å². The molecule has 0 unspecified atom stereocenters. The van der Waals surface area contributed by atoms with Crippen LogP contribution in [0, 0.1) is 11.8 Å². The second-order valence-electron chi connectivity index (χ2n) is 6.82. The van der Waals surface area contributed by atoms with Crippen LogP contribution in [0.4, 0.5) is 0 Å². The van der Waals surface area contributed by atoms with E-state index in [1.54, 1.807) is 0 Å². The first kappa shape index (κ1) is 16.0. The van der Waals surface area contributed by atoms with Crippen molar-refractivity contribution in [2.45, 2.75) is 58.8 Å². The molecule has 2 rings (SSSR count). The summed E-state index contributed by atoms with van der Waals surface area (Å²) in [5.41, 5.74) is 1.10. The minimum absolute atomic E-state index is 0.222. The Balaban J connectivity index is 2.10. The van der Waals surface area contributed by atoms with Gasteiger partial charge in [0.05, 0.1) is 0 Å². The van der Waals surface area contributed by atoms with Crippen molar-refractivity contribution < 1.29 is 14.3 Å². The number of hydrogen-bond acceptors (Lipinski definition) is 3. The van der Waals surface area contributed by atoms with Crippen LogP contribution < -0.4 is 0 Å². The number of cyclic esters (lactones) is 1. The van der Waals surface area contributed by atoms with E-state index in [4.69, 9.17) is 9.47 Å². The van der Waals surface area contributed by atoms with Gasteiger partial charge in [0.25, 0.3) is 0 Å². The third-order valence-electron chi connectivity index (χ3n) is 3.61. The lowest BCUT2D eigenvalue weighted by Gasteiger charge is -2.30. The summed E-state index contributed by atoms with van der Waals surface area (Å²) in [5.74, 6) is -0.113. The first-order valence-electron chi connectivity index (χ1n) is 7.85. The number of benzene rings is 1. The molecule has 116 valence electrons. The Hall–Kier alpha value is -1.35. The second kappa shape index (κ2) is 6.61. The van der Waals surface area contributed by atoms with E-state index >= 15 is 0 Å². The summed E-state index contributed by atoms with van der Waals surface area (Å²) in [4.78, 5) is 12.2. The van der Waals surface area contributed by atoms with Crippen molar-refractivity contribution in [2.24, 2.45) is 11.8 Å². The lowest BCUT2D eigenvalue weighted by molar-refractivity contribution is -0.193. The topological polar surface area (TPSA) is 35.5 Å². The van der Waals surface area contributed by atoms with Crippen molar-refractivity contribution in [1.29, 1.82) is 0 Å². The molecule has 1 saturated heterocycles. The maximum atomic E-state index is 12.2. The Bertz CT molecular complexity index is 455. The number of rotatable bonds is 6. The maximum Gasteiger partial charge on any atom is 0.338 e. The Labute approximate surface area is 127 Å². The molecule has 0 spiro atoms. The fourth-order valence-electron chi connectivity index (χ4n) is 3.04. The third kappa shape index (κ3) is 4.31. The molecule has 0 amide bonds. The Morgan fingerprint density at radius 1 is 1.05 bits per heavy atom. The highest BCUT2D eigenvalue weighted by molar-refractivity contribution is 5.77. The van der Waals surface area contributed by atoms with E-state index in [0.29, 0.717) is 18.3 Å². The lowest BCUT2D eigenvalue weighted by atomic mass is 9.94. The van der Waals surface area contributed by atoms with Gasteiger partial charge in [0, 0.05) is 19.3 Å². The van der Waals surface area contributed by atoms with Crippen molar-refractivity contribution in [2.75, 3.05) is 0 Å². The highest BCUT2D eigenvalue weighted by atomic mass is 16.8. The van der Waals surface area contributed by atoms with Gasteiger partial charge in [-0.2, -0.15) is 0 Å². The number of carbonyl (C=O) groups excluding carboxylic acids is 1. The molecule has 1 atom stereocenters. The molecule has 0 aliphatic carbocycles. The molecule has 3 heteroatoms. The molecule has 0 radical (unpaired) electrons. The van der Waals surface area contributed by atoms with E-state index in [9.17, 15) is 4.79 Å². The molecule has 0 saturated carbocycles. The van der Waals surface area contributed by atoms with E-state index in [1.165, 1.54) is 0 Å². The minimum atomic E-state index is -0.737. The smallest absolute Gasteiger partial charge is 0.338 e. The van der Waals surface area contributed by atoms with Crippen molar-refractivity contribution in [3.05, 3.63) is 35.9 Å². The van der Waals surface area contributed by atoms with Crippen LogP contribution in [-0.2, 0) is 20.7 Å². The van der Waals surface area contributed by atoms with Gasteiger partial charge in [-0.25, -0.2) is 4.79 Å². The van der Waals surface area contributed by atoms with Gasteiger partial charge in [-0.3, -0.25) is 0 Å². The van der Waals surface area contributed by atoms with Crippen LogP contribution in [0.15, 0.2) is 30.3 Å². The quantitative estimate of drug-likeness (QED) is 0.744. The first-order chi connectivity index (χ1) is 9.90.